The van der Waals surface area contributed by atoms with Gasteiger partial charge in [0.05, 0.1) is 31.8 Å². The van der Waals surface area contributed by atoms with Crippen LogP contribution in [0.4, 0.5) is 0 Å². The fraction of sp³-hybridized carbons (Fsp3) is 0.400. The van der Waals surface area contributed by atoms with E-state index < -0.39 is 0 Å². The summed E-state index contributed by atoms with van der Waals surface area (Å²) in [6, 6.07) is 16.7. The van der Waals surface area contributed by atoms with E-state index in [1.807, 2.05) is 18.6 Å². The Morgan fingerprint density at radius 3 is 2.76 bits per heavy atom. The van der Waals surface area contributed by atoms with Gasteiger partial charge < -0.3 is 23.9 Å². The Morgan fingerprint density at radius 1 is 1.05 bits per heavy atom. The topological polar surface area (TPSA) is 73.5 Å². The summed E-state index contributed by atoms with van der Waals surface area (Å²) in [6.07, 6.45) is 7.72. The van der Waals surface area contributed by atoms with Gasteiger partial charge in [-0.1, -0.05) is 42.5 Å². The molecule has 1 aliphatic rings. The maximum atomic E-state index is 13.3. The van der Waals surface area contributed by atoms with Gasteiger partial charge in [-0.25, -0.2) is 4.98 Å². The van der Waals surface area contributed by atoms with Crippen LogP contribution in [0, 0.1) is 0 Å². The molecule has 2 aromatic heterocycles. The molecule has 0 unspecified atom stereocenters. The van der Waals surface area contributed by atoms with E-state index in [9.17, 15) is 4.79 Å². The zero-order valence-electron chi connectivity index (χ0n) is 22.1. The van der Waals surface area contributed by atoms with Crippen LogP contribution in [0.5, 0.6) is 0 Å². The largest absolute Gasteiger partial charge is 0.385 e. The minimum absolute atomic E-state index is 0.0778. The minimum atomic E-state index is -0.0778. The summed E-state index contributed by atoms with van der Waals surface area (Å²) in [5, 5.41) is 5.42. The summed E-state index contributed by atoms with van der Waals surface area (Å²) in [7, 11) is 1.67. The van der Waals surface area contributed by atoms with Crippen LogP contribution in [0.15, 0.2) is 67.3 Å². The van der Waals surface area contributed by atoms with Gasteiger partial charge in [0.2, 0.25) is 0 Å². The molecule has 3 heterocycles. The molecule has 0 bridgehead atoms. The summed E-state index contributed by atoms with van der Waals surface area (Å²) in [4.78, 5) is 20.2. The average molecular weight is 516 g/mol. The van der Waals surface area contributed by atoms with Gasteiger partial charge in [0.1, 0.15) is 5.69 Å². The highest BCUT2D eigenvalue weighted by Crippen LogP contribution is 2.30. The fourth-order valence-electron chi connectivity index (χ4n) is 5.11. The molecule has 200 valence electrons. The monoisotopic (exact) mass is 515 g/mol. The molecule has 5 rings (SSSR count). The number of methoxy groups -OCH3 is 1. The number of carbonyl (C=O) groups is 1. The summed E-state index contributed by atoms with van der Waals surface area (Å²) in [5.41, 5.74) is 3.88. The number of ether oxygens (including phenoxy) is 2. The van der Waals surface area contributed by atoms with E-state index in [0.717, 1.165) is 69.1 Å². The van der Waals surface area contributed by atoms with Crippen molar-refractivity contribution < 1.29 is 14.3 Å². The summed E-state index contributed by atoms with van der Waals surface area (Å²) < 4.78 is 14.9. The minimum Gasteiger partial charge on any atom is -0.385 e. The molecule has 0 aliphatic carbocycles. The third kappa shape index (κ3) is 6.32. The Morgan fingerprint density at radius 2 is 1.89 bits per heavy atom. The Balaban J connectivity index is 1.37. The van der Waals surface area contributed by atoms with E-state index in [2.05, 4.69) is 73.0 Å². The fourth-order valence-corrected chi connectivity index (χ4v) is 5.11. The highest BCUT2D eigenvalue weighted by molar-refractivity contribution is 5.99. The van der Waals surface area contributed by atoms with Crippen molar-refractivity contribution in [3.8, 4) is 11.1 Å². The molecule has 0 radical (unpaired) electrons. The summed E-state index contributed by atoms with van der Waals surface area (Å²) in [5.74, 6) is -0.0778. The predicted octanol–water partition coefficient (Wildman–Crippen LogP) is 4.04. The van der Waals surface area contributed by atoms with Gasteiger partial charge in [0, 0.05) is 64.4 Å². The molecule has 0 saturated carbocycles. The number of benzene rings is 2. The van der Waals surface area contributed by atoms with E-state index in [-0.39, 0.29) is 5.91 Å². The van der Waals surface area contributed by atoms with Crippen LogP contribution in [0.2, 0.25) is 0 Å². The quantitative estimate of drug-likeness (QED) is 0.288. The molecule has 0 spiro atoms. The Bertz CT molecular complexity index is 1330. The van der Waals surface area contributed by atoms with Crippen LogP contribution >= 0.6 is 0 Å². The average Bonchev–Trinajstić information content (AvgIpc) is 3.58. The van der Waals surface area contributed by atoms with E-state index in [1.54, 1.807) is 7.11 Å². The van der Waals surface area contributed by atoms with Gasteiger partial charge in [0.15, 0.2) is 0 Å². The number of nitrogens with one attached hydrogen (secondary N) is 1. The number of hydrogen-bond donors (Lipinski definition) is 1. The molecule has 8 heteroatoms. The smallest absolute Gasteiger partial charge is 0.267 e. The highest BCUT2D eigenvalue weighted by atomic mass is 16.5. The van der Waals surface area contributed by atoms with Gasteiger partial charge in [-0.15, -0.1) is 0 Å². The number of hydrogen-bond acceptors (Lipinski definition) is 5. The van der Waals surface area contributed by atoms with Crippen molar-refractivity contribution in [3.05, 3.63) is 78.6 Å². The third-order valence-electron chi connectivity index (χ3n) is 7.15. The maximum Gasteiger partial charge on any atom is 0.267 e. The second-order valence-electron chi connectivity index (χ2n) is 9.76. The first-order valence-electron chi connectivity index (χ1n) is 13.5. The highest BCUT2D eigenvalue weighted by Gasteiger charge is 2.17. The van der Waals surface area contributed by atoms with Gasteiger partial charge >= 0.3 is 0 Å². The van der Waals surface area contributed by atoms with E-state index in [1.165, 1.54) is 10.8 Å². The Hall–Kier alpha value is -3.46. The van der Waals surface area contributed by atoms with Gasteiger partial charge in [-0.05, 0) is 35.2 Å². The first-order valence-corrected chi connectivity index (χ1v) is 13.5. The zero-order chi connectivity index (χ0) is 26.2. The lowest BCUT2D eigenvalue weighted by atomic mass is 10.0. The number of aryl methyl sites for hydroxylation is 1. The number of aromatic nitrogens is 3. The number of amides is 1. The molecule has 8 nitrogen and oxygen atoms in total. The number of rotatable bonds is 12. The van der Waals surface area contributed by atoms with Crippen molar-refractivity contribution in [2.24, 2.45) is 0 Å². The third-order valence-corrected chi connectivity index (χ3v) is 7.15. The van der Waals surface area contributed by atoms with Crippen molar-refractivity contribution in [2.45, 2.75) is 25.9 Å². The standard InChI is InChI=1S/C30H37N5O3/c1-37-16-5-11-32-30(36)29-19-25(28-10-4-8-24-7-2-3-9-27(24)28)21-35(29)22-26-20-31-23-34(26)13-6-12-33-14-17-38-18-15-33/h2-4,7-10,19-21,23H,5-6,11-18,22H2,1H3,(H,32,36). The summed E-state index contributed by atoms with van der Waals surface area (Å²) >= 11 is 0. The van der Waals surface area contributed by atoms with Gasteiger partial charge in [-0.3, -0.25) is 9.69 Å². The first-order chi connectivity index (χ1) is 18.7. The molecule has 1 saturated heterocycles. The van der Waals surface area contributed by atoms with Crippen LogP contribution in [-0.2, 0) is 22.6 Å². The van der Waals surface area contributed by atoms with Crippen molar-refractivity contribution in [3.63, 3.8) is 0 Å². The van der Waals surface area contributed by atoms with E-state index >= 15 is 0 Å². The van der Waals surface area contributed by atoms with Crippen LogP contribution in [-0.4, -0.2) is 78.0 Å². The van der Waals surface area contributed by atoms with Crippen LogP contribution in [0.25, 0.3) is 21.9 Å². The van der Waals surface area contributed by atoms with Crippen molar-refractivity contribution in [2.75, 3.05) is 53.1 Å². The molecule has 1 aliphatic heterocycles. The molecule has 1 fully saturated rings. The number of morpholine rings is 1. The van der Waals surface area contributed by atoms with E-state index in [0.29, 0.717) is 25.4 Å². The Kier molecular flexibility index (Phi) is 8.86. The predicted molar refractivity (Wildman–Crippen MR) is 149 cm³/mol. The molecular weight excluding hydrogens is 478 g/mol. The number of nitrogens with zero attached hydrogens (tertiary/aromatic N) is 4. The lowest BCUT2D eigenvalue weighted by molar-refractivity contribution is 0.0369. The molecule has 4 aromatic rings. The number of fused-ring (bicyclic) bond motifs is 1. The SMILES string of the molecule is COCCCNC(=O)c1cc(-c2cccc3ccccc23)cn1Cc1cncn1CCCN1CCOCC1. The Labute approximate surface area is 224 Å². The van der Waals surface area contributed by atoms with E-state index in [4.69, 9.17) is 9.47 Å². The lowest BCUT2D eigenvalue weighted by Crippen LogP contribution is -2.37. The molecule has 0 atom stereocenters. The van der Waals surface area contributed by atoms with Gasteiger partial charge in [-0.2, -0.15) is 0 Å². The van der Waals surface area contributed by atoms with Crippen LogP contribution < -0.4 is 5.32 Å². The van der Waals surface area contributed by atoms with Crippen LogP contribution in [0.3, 0.4) is 0 Å². The van der Waals surface area contributed by atoms with Crippen molar-refractivity contribution in [1.29, 1.82) is 0 Å². The van der Waals surface area contributed by atoms with Crippen LogP contribution in [0.1, 0.15) is 29.0 Å². The number of carbonyl (C=O) groups excluding carboxylic acids is 1. The molecule has 38 heavy (non-hydrogen) atoms. The molecule has 2 aromatic carbocycles. The molecular formula is C30H37N5O3. The normalized spacial score (nSPS) is 14.2. The lowest BCUT2D eigenvalue weighted by Gasteiger charge is -2.26. The number of imidazole rings is 1. The summed E-state index contributed by atoms with van der Waals surface area (Å²) in [6.45, 7) is 7.34. The zero-order valence-corrected chi connectivity index (χ0v) is 22.1. The second kappa shape index (κ2) is 12.9. The molecule has 1 amide bonds. The second-order valence-corrected chi connectivity index (χ2v) is 9.76. The van der Waals surface area contributed by atoms with Crippen molar-refractivity contribution >= 4 is 16.7 Å². The maximum absolute atomic E-state index is 13.3. The van der Waals surface area contributed by atoms with Crippen molar-refractivity contribution in [1.82, 2.24) is 24.3 Å². The first kappa shape index (κ1) is 26.2. The van der Waals surface area contributed by atoms with Gasteiger partial charge in [0.25, 0.3) is 5.91 Å². The molecule has 1 N–H and O–H groups in total.